The van der Waals surface area contributed by atoms with Crippen LogP contribution in [0.15, 0.2) is 18.2 Å². The highest BCUT2D eigenvalue weighted by Crippen LogP contribution is 2.22. The van der Waals surface area contributed by atoms with Crippen LogP contribution < -0.4 is 4.74 Å². The van der Waals surface area contributed by atoms with Crippen LogP contribution in [-0.2, 0) is 0 Å². The zero-order valence-electron chi connectivity index (χ0n) is 7.58. The molecule has 1 rings (SSSR count). The van der Waals surface area contributed by atoms with Crippen molar-refractivity contribution >= 4 is 17.9 Å². The molecule has 0 atom stereocenters. The summed E-state index contributed by atoms with van der Waals surface area (Å²) >= 11 is 5.76. The lowest BCUT2D eigenvalue weighted by Crippen LogP contribution is -2.07. The van der Waals surface area contributed by atoms with E-state index in [4.69, 9.17) is 16.3 Å². The molecule has 0 amide bonds. The van der Waals surface area contributed by atoms with E-state index in [-0.39, 0.29) is 6.10 Å². The zero-order valence-corrected chi connectivity index (χ0v) is 8.34. The lowest BCUT2D eigenvalue weighted by Gasteiger charge is -2.11. The van der Waals surface area contributed by atoms with Crippen LogP contribution in [0.2, 0.25) is 5.02 Å². The Bertz CT molecular complexity index is 308. The molecule has 3 heteroatoms. The number of hydrogen-bond donors (Lipinski definition) is 0. The molecule has 1 aromatic carbocycles. The third-order valence-corrected chi connectivity index (χ3v) is 1.70. The fourth-order valence-electron chi connectivity index (χ4n) is 0.962. The highest BCUT2D eigenvalue weighted by atomic mass is 35.5. The van der Waals surface area contributed by atoms with E-state index in [0.29, 0.717) is 16.3 Å². The summed E-state index contributed by atoms with van der Waals surface area (Å²) in [6.07, 6.45) is 0.797. The van der Waals surface area contributed by atoms with E-state index < -0.39 is 0 Å². The third-order valence-electron chi connectivity index (χ3n) is 1.47. The SMILES string of the molecule is CC(C)Oc1cc(Cl)ccc1C=O. The molecule has 2 nitrogen and oxygen atoms in total. The highest BCUT2D eigenvalue weighted by molar-refractivity contribution is 6.30. The van der Waals surface area contributed by atoms with Crippen LogP contribution in [0.4, 0.5) is 0 Å². The van der Waals surface area contributed by atoms with Gasteiger partial charge >= 0.3 is 0 Å². The second-order valence-corrected chi connectivity index (χ2v) is 3.40. The number of aldehydes is 1. The molecule has 0 aliphatic heterocycles. The average molecular weight is 199 g/mol. The molecule has 0 saturated carbocycles. The van der Waals surface area contributed by atoms with E-state index >= 15 is 0 Å². The van der Waals surface area contributed by atoms with Crippen LogP contribution in [0.3, 0.4) is 0 Å². The van der Waals surface area contributed by atoms with E-state index in [9.17, 15) is 4.79 Å². The molecule has 0 fully saturated rings. The van der Waals surface area contributed by atoms with Crippen molar-refractivity contribution in [3.05, 3.63) is 28.8 Å². The second-order valence-electron chi connectivity index (χ2n) is 2.97. The van der Waals surface area contributed by atoms with E-state index in [1.165, 1.54) is 0 Å². The number of ether oxygens (including phenoxy) is 1. The molecule has 0 aliphatic rings. The second kappa shape index (κ2) is 4.28. The Kier molecular flexibility index (Phi) is 3.32. The van der Waals surface area contributed by atoms with Crippen LogP contribution in [0.5, 0.6) is 5.75 Å². The number of benzene rings is 1. The summed E-state index contributed by atoms with van der Waals surface area (Å²) in [6.45, 7) is 3.80. The largest absolute Gasteiger partial charge is 0.490 e. The van der Waals surface area contributed by atoms with Crippen LogP contribution in [-0.4, -0.2) is 12.4 Å². The molecule has 0 saturated heterocycles. The topological polar surface area (TPSA) is 26.3 Å². The fraction of sp³-hybridized carbons (Fsp3) is 0.300. The molecule has 13 heavy (non-hydrogen) atoms. The summed E-state index contributed by atoms with van der Waals surface area (Å²) in [4.78, 5) is 10.6. The third kappa shape index (κ3) is 2.74. The van der Waals surface area contributed by atoms with Gasteiger partial charge in [0.25, 0.3) is 0 Å². The maximum atomic E-state index is 10.6. The minimum atomic E-state index is 0.0390. The first kappa shape index (κ1) is 10.1. The quantitative estimate of drug-likeness (QED) is 0.698. The zero-order chi connectivity index (χ0) is 9.84. The summed E-state index contributed by atoms with van der Waals surface area (Å²) in [6, 6.07) is 4.96. The summed E-state index contributed by atoms with van der Waals surface area (Å²) < 4.78 is 5.40. The predicted octanol–water partition coefficient (Wildman–Crippen LogP) is 2.94. The van der Waals surface area contributed by atoms with Gasteiger partial charge in [0.2, 0.25) is 0 Å². The van der Waals surface area contributed by atoms with Gasteiger partial charge in [0.1, 0.15) is 5.75 Å². The molecule has 0 spiro atoms. The van der Waals surface area contributed by atoms with Gasteiger partial charge in [-0.05, 0) is 32.0 Å². The van der Waals surface area contributed by atoms with Crippen molar-refractivity contribution in [3.63, 3.8) is 0 Å². The first-order valence-corrected chi connectivity index (χ1v) is 4.42. The van der Waals surface area contributed by atoms with Crippen molar-refractivity contribution in [2.45, 2.75) is 20.0 Å². The van der Waals surface area contributed by atoms with Crippen LogP contribution in [0.1, 0.15) is 24.2 Å². The Morgan fingerprint density at radius 1 is 1.46 bits per heavy atom. The van der Waals surface area contributed by atoms with Gasteiger partial charge < -0.3 is 4.74 Å². The van der Waals surface area contributed by atoms with Crippen molar-refractivity contribution in [1.82, 2.24) is 0 Å². The van der Waals surface area contributed by atoms with Gasteiger partial charge in [0, 0.05) is 5.02 Å². The van der Waals surface area contributed by atoms with Gasteiger partial charge in [-0.3, -0.25) is 4.79 Å². The molecule has 0 aliphatic carbocycles. The summed E-state index contributed by atoms with van der Waals surface area (Å²) in [5.41, 5.74) is 0.526. The molecule has 0 aromatic heterocycles. The monoisotopic (exact) mass is 198 g/mol. The van der Waals surface area contributed by atoms with Crippen molar-refractivity contribution in [1.29, 1.82) is 0 Å². The molecule has 0 radical (unpaired) electrons. The molecule has 0 N–H and O–H groups in total. The molecule has 70 valence electrons. The van der Waals surface area contributed by atoms with Crippen molar-refractivity contribution in [2.24, 2.45) is 0 Å². The molecule has 0 bridgehead atoms. The van der Waals surface area contributed by atoms with Crippen molar-refractivity contribution in [2.75, 3.05) is 0 Å². The van der Waals surface area contributed by atoms with Crippen molar-refractivity contribution < 1.29 is 9.53 Å². The first-order chi connectivity index (χ1) is 6.13. The Hall–Kier alpha value is -1.02. The van der Waals surface area contributed by atoms with Gasteiger partial charge in [0.05, 0.1) is 11.7 Å². The lowest BCUT2D eigenvalue weighted by atomic mass is 10.2. The fourth-order valence-corrected chi connectivity index (χ4v) is 1.12. The van der Waals surface area contributed by atoms with Gasteiger partial charge in [-0.25, -0.2) is 0 Å². The predicted molar refractivity (Wildman–Crippen MR) is 52.6 cm³/mol. The number of carbonyl (C=O) groups is 1. The minimum Gasteiger partial charge on any atom is -0.490 e. The highest BCUT2D eigenvalue weighted by Gasteiger charge is 2.05. The summed E-state index contributed by atoms with van der Waals surface area (Å²) in [5.74, 6) is 0.539. The van der Waals surface area contributed by atoms with Gasteiger partial charge in [-0.15, -0.1) is 0 Å². The Morgan fingerprint density at radius 3 is 2.69 bits per heavy atom. The van der Waals surface area contributed by atoms with E-state index in [0.717, 1.165) is 6.29 Å². The summed E-state index contributed by atoms with van der Waals surface area (Å²) in [5, 5.41) is 0.571. The van der Waals surface area contributed by atoms with Crippen LogP contribution in [0.25, 0.3) is 0 Å². The molecular formula is C10H11ClO2. The van der Waals surface area contributed by atoms with Gasteiger partial charge in [-0.1, -0.05) is 11.6 Å². The van der Waals surface area contributed by atoms with E-state index in [1.54, 1.807) is 18.2 Å². The van der Waals surface area contributed by atoms with Crippen molar-refractivity contribution in [3.8, 4) is 5.75 Å². The Labute approximate surface area is 82.5 Å². The Balaban J connectivity index is 3.01. The normalized spacial score (nSPS) is 10.2. The number of rotatable bonds is 3. The molecule has 0 heterocycles. The smallest absolute Gasteiger partial charge is 0.153 e. The molecule has 0 unspecified atom stereocenters. The van der Waals surface area contributed by atoms with E-state index in [2.05, 4.69) is 0 Å². The molecular weight excluding hydrogens is 188 g/mol. The maximum absolute atomic E-state index is 10.6. The molecule has 1 aromatic rings. The Morgan fingerprint density at radius 2 is 2.15 bits per heavy atom. The van der Waals surface area contributed by atoms with Gasteiger partial charge in [-0.2, -0.15) is 0 Å². The first-order valence-electron chi connectivity index (χ1n) is 4.05. The van der Waals surface area contributed by atoms with Gasteiger partial charge in [0.15, 0.2) is 6.29 Å². The van der Waals surface area contributed by atoms with E-state index in [1.807, 2.05) is 13.8 Å². The standard InChI is InChI=1S/C10H11ClO2/c1-7(2)13-10-5-9(11)4-3-8(10)6-12/h3-7H,1-2H3. The number of halogens is 1. The number of hydrogen-bond acceptors (Lipinski definition) is 2. The lowest BCUT2D eigenvalue weighted by molar-refractivity contribution is 0.111. The number of carbonyl (C=O) groups excluding carboxylic acids is 1. The summed E-state index contributed by atoms with van der Waals surface area (Å²) in [7, 11) is 0. The maximum Gasteiger partial charge on any atom is 0.153 e. The average Bonchev–Trinajstić information content (AvgIpc) is 2.03. The van der Waals surface area contributed by atoms with Crippen LogP contribution in [0, 0.1) is 0 Å². The minimum absolute atomic E-state index is 0.0390. The van der Waals surface area contributed by atoms with Crippen LogP contribution >= 0.6 is 11.6 Å².